The molecule has 1 N–H and O–H groups in total. The van der Waals surface area contributed by atoms with Gasteiger partial charge in [-0.1, -0.05) is 115 Å². The van der Waals surface area contributed by atoms with Gasteiger partial charge in [-0.25, -0.2) is 0 Å². The number of aromatic nitrogens is 1. The second-order valence-corrected chi connectivity index (χ2v) is 8.76. The van der Waals surface area contributed by atoms with Crippen LogP contribution < -0.4 is 15.9 Å². The summed E-state index contributed by atoms with van der Waals surface area (Å²) in [4.78, 5) is 0. The first-order valence-corrected chi connectivity index (χ1v) is 12.5. The third-order valence-corrected chi connectivity index (χ3v) is 6.11. The zero-order valence-corrected chi connectivity index (χ0v) is 21.1. The minimum atomic E-state index is 0.242. The molecule has 0 radical (unpaired) electrons. The number of fused-ring (bicyclic) bond motifs is 3. The smallest absolute Gasteiger partial charge is 0.0540 e. The van der Waals surface area contributed by atoms with Gasteiger partial charge in [-0.2, -0.15) is 0 Å². The van der Waals surface area contributed by atoms with E-state index >= 15 is 0 Å². The second kappa shape index (κ2) is 12.4. The van der Waals surface area contributed by atoms with Gasteiger partial charge >= 0.3 is 0 Å². The van der Waals surface area contributed by atoms with Crippen molar-refractivity contribution < 1.29 is 0 Å². The van der Waals surface area contributed by atoms with Crippen LogP contribution in [0.2, 0.25) is 0 Å². The van der Waals surface area contributed by atoms with E-state index in [1.165, 1.54) is 32.7 Å². The molecule has 0 aliphatic heterocycles. The van der Waals surface area contributed by atoms with Crippen molar-refractivity contribution in [3.8, 4) is 5.69 Å². The maximum Gasteiger partial charge on any atom is 0.0540 e. The van der Waals surface area contributed by atoms with Crippen LogP contribution in [0.1, 0.15) is 20.3 Å². The van der Waals surface area contributed by atoms with Gasteiger partial charge in [0.1, 0.15) is 0 Å². The van der Waals surface area contributed by atoms with Gasteiger partial charge in [-0.3, -0.25) is 0 Å². The summed E-state index contributed by atoms with van der Waals surface area (Å²) in [5.74, 6) is 0. The Morgan fingerprint density at radius 3 is 2.56 bits per heavy atom. The number of hydrogen-bond donors (Lipinski definition) is 1. The topological polar surface area (TPSA) is 17.0 Å². The minimum absolute atomic E-state index is 0.242. The highest BCUT2D eigenvalue weighted by atomic mass is 15.0. The van der Waals surface area contributed by atoms with E-state index in [9.17, 15) is 0 Å². The molecule has 2 aromatic carbocycles. The lowest BCUT2D eigenvalue weighted by Crippen LogP contribution is -2.37. The third-order valence-electron chi connectivity index (χ3n) is 6.11. The summed E-state index contributed by atoms with van der Waals surface area (Å²) in [5, 5.41) is 7.42. The lowest BCUT2D eigenvalue weighted by molar-refractivity contribution is 0.748. The van der Waals surface area contributed by atoms with Gasteiger partial charge in [0.05, 0.1) is 5.52 Å². The summed E-state index contributed by atoms with van der Waals surface area (Å²) in [5.41, 5.74) is 4.74. The van der Waals surface area contributed by atoms with Crippen LogP contribution in [0.3, 0.4) is 0 Å². The Morgan fingerprint density at radius 1 is 0.944 bits per heavy atom. The lowest BCUT2D eigenvalue weighted by Gasteiger charge is -2.14. The summed E-state index contributed by atoms with van der Waals surface area (Å²) < 4.78 is 2.37. The molecule has 36 heavy (non-hydrogen) atoms. The highest BCUT2D eigenvalue weighted by Crippen LogP contribution is 2.16. The molecule has 1 heterocycles. The highest BCUT2D eigenvalue weighted by molar-refractivity contribution is 5.84. The first-order valence-electron chi connectivity index (χ1n) is 12.5. The van der Waals surface area contributed by atoms with Crippen molar-refractivity contribution in [2.24, 2.45) is 0 Å². The largest absolute Gasteiger partial charge is 0.384 e. The molecule has 3 aromatic rings. The van der Waals surface area contributed by atoms with E-state index in [1.54, 1.807) is 6.08 Å². The van der Waals surface area contributed by atoms with E-state index in [1.807, 2.05) is 31.4 Å². The van der Waals surface area contributed by atoms with Crippen molar-refractivity contribution in [1.82, 2.24) is 9.88 Å². The molecule has 2 heteroatoms. The fourth-order valence-corrected chi connectivity index (χ4v) is 4.36. The number of para-hydroxylation sites is 2. The Hall–Kier alpha value is -4.30. The molecule has 2 nitrogen and oxygen atoms in total. The molecule has 0 spiro atoms. The van der Waals surface area contributed by atoms with E-state index in [0.29, 0.717) is 0 Å². The molecule has 0 amide bonds. The average molecular weight is 471 g/mol. The Kier molecular flexibility index (Phi) is 8.56. The van der Waals surface area contributed by atoms with Crippen molar-refractivity contribution in [3.63, 3.8) is 0 Å². The summed E-state index contributed by atoms with van der Waals surface area (Å²) in [6.45, 7) is 7.91. The van der Waals surface area contributed by atoms with Crippen LogP contribution in [0.4, 0.5) is 0 Å². The fourth-order valence-electron chi connectivity index (χ4n) is 4.36. The molecule has 1 unspecified atom stereocenters. The molecule has 180 valence electrons. The predicted octanol–water partition coefficient (Wildman–Crippen LogP) is 6.81. The molecule has 1 aliphatic carbocycles. The molecular formula is C34H34N2. The fraction of sp³-hybridized carbons (Fsp3) is 0.118. The van der Waals surface area contributed by atoms with Gasteiger partial charge in [-0.05, 0) is 56.3 Å². The second-order valence-electron chi connectivity index (χ2n) is 8.76. The number of hydrogen-bond acceptors (Lipinski definition) is 1. The molecule has 0 fully saturated rings. The SMILES string of the molecule is C=C/C=C/C(/C=C\C(C)=C\C=C/C)=C/C=C/NC1C=c2c(n(-c3ccccc3)c3ccccc23)=CC1. The van der Waals surface area contributed by atoms with E-state index in [-0.39, 0.29) is 6.04 Å². The van der Waals surface area contributed by atoms with E-state index in [4.69, 9.17) is 0 Å². The Bertz CT molecular complexity index is 1500. The van der Waals surface area contributed by atoms with Crippen LogP contribution in [-0.2, 0) is 0 Å². The Morgan fingerprint density at radius 2 is 1.75 bits per heavy atom. The van der Waals surface area contributed by atoms with Crippen molar-refractivity contribution in [2.75, 3.05) is 0 Å². The van der Waals surface area contributed by atoms with Crippen LogP contribution >= 0.6 is 0 Å². The maximum atomic E-state index is 3.79. The number of nitrogens with zero attached hydrogens (tertiary/aromatic N) is 1. The minimum Gasteiger partial charge on any atom is -0.384 e. The van der Waals surface area contributed by atoms with Crippen molar-refractivity contribution in [2.45, 2.75) is 26.3 Å². The van der Waals surface area contributed by atoms with E-state index in [2.05, 4.69) is 127 Å². The highest BCUT2D eigenvalue weighted by Gasteiger charge is 2.14. The predicted molar refractivity (Wildman–Crippen MR) is 157 cm³/mol. The number of rotatable bonds is 9. The lowest BCUT2D eigenvalue weighted by atomic mass is 10.1. The molecule has 0 saturated heterocycles. The summed E-state index contributed by atoms with van der Waals surface area (Å²) >= 11 is 0. The Balaban J connectivity index is 1.57. The molecule has 0 bridgehead atoms. The van der Waals surface area contributed by atoms with E-state index in [0.717, 1.165) is 12.0 Å². The van der Waals surface area contributed by atoms with Gasteiger partial charge in [0, 0.05) is 27.7 Å². The molecule has 0 saturated carbocycles. The van der Waals surface area contributed by atoms with Gasteiger partial charge in [-0.15, -0.1) is 0 Å². The third kappa shape index (κ3) is 6.03. The monoisotopic (exact) mass is 470 g/mol. The Labute approximate surface area is 214 Å². The standard InChI is InChI=1S/C34H34N2/c1-4-6-14-27(3)21-22-28(15-7-5-2)16-13-25-35-29-23-24-34-32(26-29)31-19-11-12-20-33(31)36(34)30-17-9-8-10-18-30/h4-22,24-26,29,35H,2,23H2,1,3H3/b6-4-,15-7+,22-21-,25-13+,27-14+,28-16-. The normalized spacial score (nSPS) is 16.7. The molecule has 1 aliphatic rings. The van der Waals surface area contributed by atoms with Gasteiger partial charge in [0.25, 0.3) is 0 Å². The summed E-state index contributed by atoms with van der Waals surface area (Å²) in [6, 6.07) is 19.5. The average Bonchev–Trinajstić information content (AvgIpc) is 3.25. The molecule has 4 rings (SSSR count). The van der Waals surface area contributed by atoms with Crippen molar-refractivity contribution in [3.05, 3.63) is 150 Å². The summed E-state index contributed by atoms with van der Waals surface area (Å²) in [6.07, 6.45) is 28.1. The van der Waals surface area contributed by atoms with Gasteiger partial charge < -0.3 is 9.88 Å². The molecular weight excluding hydrogens is 436 g/mol. The number of allylic oxidation sites excluding steroid dienone is 12. The number of nitrogens with one attached hydrogen (secondary N) is 1. The summed E-state index contributed by atoms with van der Waals surface area (Å²) in [7, 11) is 0. The van der Waals surface area contributed by atoms with Crippen LogP contribution in [0.15, 0.2) is 139 Å². The van der Waals surface area contributed by atoms with Crippen LogP contribution in [0.5, 0.6) is 0 Å². The van der Waals surface area contributed by atoms with Crippen LogP contribution in [0.25, 0.3) is 28.7 Å². The quantitative estimate of drug-likeness (QED) is 0.340. The van der Waals surface area contributed by atoms with Crippen molar-refractivity contribution >= 4 is 23.1 Å². The van der Waals surface area contributed by atoms with Crippen molar-refractivity contribution in [1.29, 1.82) is 0 Å². The van der Waals surface area contributed by atoms with Gasteiger partial charge in [0.2, 0.25) is 0 Å². The van der Waals surface area contributed by atoms with Crippen LogP contribution in [-0.4, -0.2) is 10.6 Å². The van der Waals surface area contributed by atoms with E-state index < -0.39 is 0 Å². The van der Waals surface area contributed by atoms with Crippen LogP contribution in [0, 0.1) is 0 Å². The molecule has 1 atom stereocenters. The van der Waals surface area contributed by atoms with Gasteiger partial charge in [0.15, 0.2) is 0 Å². The number of benzene rings is 2. The molecule has 1 aromatic heterocycles. The zero-order valence-electron chi connectivity index (χ0n) is 21.1. The maximum absolute atomic E-state index is 3.79. The first kappa shape index (κ1) is 24.8. The zero-order chi connectivity index (χ0) is 25.2. The first-order chi connectivity index (χ1) is 17.7.